The molecule has 4 aromatic heterocycles. The third kappa shape index (κ3) is 2.86. The zero-order valence-corrected chi connectivity index (χ0v) is 18.4. The predicted octanol–water partition coefficient (Wildman–Crippen LogP) is 3.61. The van der Waals surface area contributed by atoms with Crippen LogP contribution in [0.15, 0.2) is 42.9 Å². The average Bonchev–Trinajstić information content (AvgIpc) is 3.28. The molecule has 0 unspecified atom stereocenters. The van der Waals surface area contributed by atoms with Crippen LogP contribution in [0.5, 0.6) is 0 Å². The number of imidazole rings is 1. The van der Waals surface area contributed by atoms with E-state index in [1.807, 2.05) is 39.7 Å². The van der Waals surface area contributed by atoms with Gasteiger partial charge in [0.25, 0.3) is 0 Å². The zero-order chi connectivity index (χ0) is 22.1. The highest BCUT2D eigenvalue weighted by atomic mass is 16.2. The molecule has 0 saturated heterocycles. The first-order valence-electron chi connectivity index (χ1n) is 11.6. The molecule has 33 heavy (non-hydrogen) atoms. The Hall–Kier alpha value is -3.81. The molecule has 4 aromatic rings. The maximum absolute atomic E-state index is 13.1. The fourth-order valence-corrected chi connectivity index (χ4v) is 4.98. The molecule has 0 atom stereocenters. The summed E-state index contributed by atoms with van der Waals surface area (Å²) in [7, 11) is 1.79. The fraction of sp³-hybridized carbons (Fsp3) is 0.320. The number of nitrogens with zero attached hydrogens (tertiary/aromatic N) is 7. The van der Waals surface area contributed by atoms with Gasteiger partial charge in [-0.2, -0.15) is 5.10 Å². The summed E-state index contributed by atoms with van der Waals surface area (Å²) < 4.78 is 4.00. The molecule has 1 aliphatic heterocycles. The SMILES string of the molecule is CN1C(=O)CCCn2cc(c(C3CC3)n2)C2=CCc3ncc(nc32)-c2c1nc1ccccn21. The minimum Gasteiger partial charge on any atom is -0.298 e. The van der Waals surface area contributed by atoms with Gasteiger partial charge in [0.1, 0.15) is 17.0 Å². The van der Waals surface area contributed by atoms with Gasteiger partial charge in [0, 0.05) is 55.9 Å². The number of hydrogen-bond acceptors (Lipinski definition) is 5. The summed E-state index contributed by atoms with van der Waals surface area (Å²) in [5, 5.41) is 4.93. The molecule has 0 spiro atoms. The smallest absolute Gasteiger partial charge is 0.228 e. The highest BCUT2D eigenvalue weighted by molar-refractivity contribution is 5.96. The maximum Gasteiger partial charge on any atom is 0.228 e. The van der Waals surface area contributed by atoms with Crippen LogP contribution in [0.4, 0.5) is 5.82 Å². The Bertz CT molecular complexity index is 1470. The minimum absolute atomic E-state index is 0.0289. The standard InChI is InChI=1S/C25H23N7O/c1-30-21(33)6-4-11-31-14-17(22(29-31)15-7-8-15)16-9-10-18-23(16)27-19(13-26-18)24-25(30)28-20-5-2-3-12-32(20)24/h2-3,5,9,12-15H,4,6-8,10-11H2,1H3. The van der Waals surface area contributed by atoms with Crippen LogP contribution in [-0.2, 0) is 17.8 Å². The number of aryl methyl sites for hydroxylation is 1. The maximum atomic E-state index is 13.1. The van der Waals surface area contributed by atoms with Gasteiger partial charge in [0.05, 0.1) is 23.3 Å². The van der Waals surface area contributed by atoms with Crippen LogP contribution in [0.2, 0.25) is 0 Å². The van der Waals surface area contributed by atoms with Crippen molar-refractivity contribution in [1.29, 1.82) is 0 Å². The second-order valence-electron chi connectivity index (χ2n) is 9.11. The molecule has 8 heteroatoms. The van der Waals surface area contributed by atoms with Crippen molar-refractivity contribution in [1.82, 2.24) is 29.1 Å². The van der Waals surface area contributed by atoms with Crippen LogP contribution < -0.4 is 4.90 Å². The number of aromatic nitrogens is 6. The van der Waals surface area contributed by atoms with Crippen LogP contribution in [-0.4, -0.2) is 42.1 Å². The van der Waals surface area contributed by atoms with Gasteiger partial charge < -0.3 is 0 Å². The van der Waals surface area contributed by atoms with E-state index >= 15 is 0 Å². The number of allylic oxidation sites excluding steroid dienone is 1. The Morgan fingerprint density at radius 1 is 1.15 bits per heavy atom. The van der Waals surface area contributed by atoms with E-state index in [9.17, 15) is 4.79 Å². The van der Waals surface area contributed by atoms with Crippen molar-refractivity contribution in [3.63, 3.8) is 0 Å². The van der Waals surface area contributed by atoms with Crippen LogP contribution in [0.25, 0.3) is 22.6 Å². The number of fused-ring (bicyclic) bond motifs is 8. The monoisotopic (exact) mass is 437 g/mol. The van der Waals surface area contributed by atoms with Crippen molar-refractivity contribution in [2.45, 2.75) is 44.6 Å². The van der Waals surface area contributed by atoms with Crippen molar-refractivity contribution in [3.8, 4) is 11.4 Å². The van der Waals surface area contributed by atoms with Crippen LogP contribution >= 0.6 is 0 Å². The van der Waals surface area contributed by atoms with Gasteiger partial charge in [-0.25, -0.2) is 9.97 Å². The van der Waals surface area contributed by atoms with Crippen molar-refractivity contribution in [2.75, 3.05) is 11.9 Å². The first-order valence-corrected chi connectivity index (χ1v) is 11.6. The average molecular weight is 438 g/mol. The number of rotatable bonds is 1. The van der Waals surface area contributed by atoms with Gasteiger partial charge in [0.15, 0.2) is 5.82 Å². The van der Waals surface area contributed by atoms with E-state index in [1.165, 1.54) is 18.4 Å². The molecule has 0 aromatic carbocycles. The number of carbonyl (C=O) groups is 1. The number of hydrogen-bond donors (Lipinski definition) is 0. The highest BCUT2D eigenvalue weighted by Gasteiger charge is 2.33. The molecular formula is C25H23N7O. The molecule has 0 radical (unpaired) electrons. The van der Waals surface area contributed by atoms with Gasteiger partial charge in [-0.15, -0.1) is 0 Å². The largest absolute Gasteiger partial charge is 0.298 e. The van der Waals surface area contributed by atoms with Crippen LogP contribution in [0, 0.1) is 0 Å². The van der Waals surface area contributed by atoms with E-state index < -0.39 is 0 Å². The van der Waals surface area contributed by atoms with Crippen molar-refractivity contribution >= 4 is 22.9 Å². The summed E-state index contributed by atoms with van der Waals surface area (Å²) in [5.41, 5.74) is 7.64. The van der Waals surface area contributed by atoms with Crippen molar-refractivity contribution < 1.29 is 4.79 Å². The second-order valence-corrected chi connectivity index (χ2v) is 9.11. The molecule has 3 aliphatic rings. The summed E-state index contributed by atoms with van der Waals surface area (Å²) in [6, 6.07) is 5.86. The first kappa shape index (κ1) is 18.7. The van der Waals surface area contributed by atoms with Gasteiger partial charge >= 0.3 is 0 Å². The van der Waals surface area contributed by atoms with Gasteiger partial charge in [-0.05, 0) is 31.4 Å². The van der Waals surface area contributed by atoms with Gasteiger partial charge in [0.2, 0.25) is 5.91 Å². The van der Waals surface area contributed by atoms with Gasteiger partial charge in [-0.3, -0.25) is 23.8 Å². The molecule has 1 amide bonds. The molecule has 164 valence electrons. The quantitative estimate of drug-likeness (QED) is 0.454. The predicted molar refractivity (Wildman–Crippen MR) is 124 cm³/mol. The molecule has 7 rings (SSSR count). The number of carbonyl (C=O) groups excluding carboxylic acids is 1. The highest BCUT2D eigenvalue weighted by Crippen LogP contribution is 2.45. The molecule has 8 nitrogen and oxygen atoms in total. The Labute approximate surface area is 190 Å². The third-order valence-corrected chi connectivity index (χ3v) is 6.87. The van der Waals surface area contributed by atoms with Crippen LogP contribution in [0.3, 0.4) is 0 Å². The molecule has 4 bridgehead atoms. The number of amides is 1. The lowest BCUT2D eigenvalue weighted by Crippen LogP contribution is -2.27. The van der Waals surface area contributed by atoms with Crippen molar-refractivity contribution in [3.05, 3.63) is 65.5 Å². The van der Waals surface area contributed by atoms with E-state index in [0.29, 0.717) is 30.4 Å². The lowest BCUT2D eigenvalue weighted by atomic mass is 10.0. The molecule has 2 aliphatic carbocycles. The third-order valence-electron chi connectivity index (χ3n) is 6.87. The molecule has 1 saturated carbocycles. The van der Waals surface area contributed by atoms with Crippen molar-refractivity contribution in [2.24, 2.45) is 0 Å². The molecule has 1 fully saturated rings. The minimum atomic E-state index is 0.0289. The number of pyridine rings is 1. The Morgan fingerprint density at radius 2 is 2.06 bits per heavy atom. The summed E-state index contributed by atoms with van der Waals surface area (Å²) in [6.07, 6.45) is 12.4. The van der Waals surface area contributed by atoms with E-state index in [0.717, 1.165) is 46.8 Å². The summed E-state index contributed by atoms with van der Waals surface area (Å²) in [4.78, 5) is 29.5. The first-order chi connectivity index (χ1) is 16.2. The van der Waals surface area contributed by atoms with Gasteiger partial charge in [-0.1, -0.05) is 12.1 Å². The lowest BCUT2D eigenvalue weighted by Gasteiger charge is -2.17. The fourth-order valence-electron chi connectivity index (χ4n) is 4.98. The normalized spacial score (nSPS) is 17.8. The van der Waals surface area contributed by atoms with Crippen LogP contribution in [0.1, 0.15) is 54.2 Å². The molecule has 5 heterocycles. The Balaban J connectivity index is 1.48. The Morgan fingerprint density at radius 3 is 2.94 bits per heavy atom. The zero-order valence-electron chi connectivity index (χ0n) is 18.4. The summed E-state index contributed by atoms with van der Waals surface area (Å²) in [5.74, 6) is 1.16. The van der Waals surface area contributed by atoms with E-state index in [1.54, 1.807) is 11.9 Å². The Kier molecular flexibility index (Phi) is 3.88. The summed E-state index contributed by atoms with van der Waals surface area (Å²) >= 11 is 0. The molecule has 0 N–H and O–H groups in total. The second kappa shape index (κ2) is 6.84. The molecular weight excluding hydrogens is 414 g/mol. The number of anilines is 1. The van der Waals surface area contributed by atoms with E-state index in [2.05, 4.69) is 12.3 Å². The topological polar surface area (TPSA) is 81.2 Å². The lowest BCUT2D eigenvalue weighted by molar-refractivity contribution is -0.118. The van der Waals surface area contributed by atoms with E-state index in [-0.39, 0.29) is 5.91 Å². The van der Waals surface area contributed by atoms with E-state index in [4.69, 9.17) is 20.1 Å². The summed E-state index contributed by atoms with van der Waals surface area (Å²) in [6.45, 7) is 0.711.